The molecule has 1 N–H and O–H groups in total. The van der Waals surface area contributed by atoms with Gasteiger partial charge in [-0.25, -0.2) is 9.18 Å². The quantitative estimate of drug-likeness (QED) is 0.640. The lowest BCUT2D eigenvalue weighted by Crippen LogP contribution is -2.24. The zero-order valence-electron chi connectivity index (χ0n) is 12.3. The van der Waals surface area contributed by atoms with Crippen LogP contribution in [0.4, 0.5) is 9.18 Å². The Bertz CT molecular complexity index is 723. The number of ether oxygens (including phenoxy) is 1. The van der Waals surface area contributed by atoms with Gasteiger partial charge in [0.05, 0.1) is 0 Å². The highest BCUT2D eigenvalue weighted by Gasteiger charge is 2.01. The van der Waals surface area contributed by atoms with Crippen LogP contribution < -0.4 is 5.32 Å². The minimum Gasteiger partial charge on any atom is -0.445 e. The Balaban J connectivity index is 1.70. The van der Waals surface area contributed by atoms with Crippen molar-refractivity contribution in [1.29, 1.82) is 0 Å². The van der Waals surface area contributed by atoms with Crippen molar-refractivity contribution in [1.82, 2.24) is 5.32 Å². The number of rotatable bonds is 4. The van der Waals surface area contributed by atoms with Crippen LogP contribution in [0.2, 0.25) is 0 Å². The van der Waals surface area contributed by atoms with E-state index in [0.717, 1.165) is 10.0 Å². The van der Waals surface area contributed by atoms with Crippen molar-refractivity contribution in [2.45, 2.75) is 13.0 Å². The minimum absolute atomic E-state index is 0.231. The van der Waals surface area contributed by atoms with Gasteiger partial charge in [0.25, 0.3) is 0 Å². The second-order valence-corrected chi connectivity index (χ2v) is 5.52. The smallest absolute Gasteiger partial charge is 0.407 e. The third-order valence-electron chi connectivity index (χ3n) is 2.88. The van der Waals surface area contributed by atoms with Crippen molar-refractivity contribution in [2.75, 3.05) is 6.54 Å². The van der Waals surface area contributed by atoms with Crippen molar-refractivity contribution < 1.29 is 13.9 Å². The molecular formula is C18H15BrFNO2. The summed E-state index contributed by atoms with van der Waals surface area (Å²) in [5.74, 6) is 5.41. The van der Waals surface area contributed by atoms with E-state index in [1.807, 2.05) is 30.3 Å². The van der Waals surface area contributed by atoms with E-state index < -0.39 is 6.09 Å². The molecular weight excluding hydrogens is 361 g/mol. The molecule has 0 fully saturated rings. The maximum absolute atomic E-state index is 13.1. The van der Waals surface area contributed by atoms with E-state index in [9.17, 15) is 9.18 Å². The van der Waals surface area contributed by atoms with Crippen LogP contribution in [0.25, 0.3) is 0 Å². The number of halogens is 2. The second-order valence-electron chi connectivity index (χ2n) is 4.66. The van der Waals surface area contributed by atoms with Gasteiger partial charge in [0, 0.05) is 23.0 Å². The molecule has 0 aliphatic heterocycles. The Morgan fingerprint density at radius 2 is 2.00 bits per heavy atom. The molecule has 0 saturated heterocycles. The molecule has 0 aliphatic rings. The largest absolute Gasteiger partial charge is 0.445 e. The first-order chi connectivity index (χ1) is 11.1. The van der Waals surface area contributed by atoms with Crippen molar-refractivity contribution in [2.24, 2.45) is 0 Å². The average molecular weight is 376 g/mol. The predicted molar refractivity (Wildman–Crippen MR) is 90.2 cm³/mol. The number of carbonyl (C=O) groups is 1. The van der Waals surface area contributed by atoms with Gasteiger partial charge in [0.15, 0.2) is 0 Å². The van der Waals surface area contributed by atoms with Crippen LogP contribution in [0.5, 0.6) is 0 Å². The molecule has 1 amide bonds. The number of hydrogen-bond donors (Lipinski definition) is 1. The topological polar surface area (TPSA) is 38.3 Å². The molecule has 0 spiro atoms. The normalized spacial score (nSPS) is 9.65. The summed E-state index contributed by atoms with van der Waals surface area (Å²) in [6.07, 6.45) is -0.0359. The second kappa shape index (κ2) is 8.96. The van der Waals surface area contributed by atoms with Crippen LogP contribution in [0.3, 0.4) is 0 Å². The van der Waals surface area contributed by atoms with Gasteiger partial charge in [-0.05, 0) is 39.7 Å². The molecule has 3 nitrogen and oxygen atoms in total. The molecule has 0 atom stereocenters. The van der Waals surface area contributed by atoms with Crippen molar-refractivity contribution in [3.05, 3.63) is 69.9 Å². The van der Waals surface area contributed by atoms with Crippen LogP contribution in [-0.2, 0) is 11.3 Å². The first kappa shape index (κ1) is 17.0. The lowest BCUT2D eigenvalue weighted by atomic mass is 10.2. The fraction of sp³-hybridized carbons (Fsp3) is 0.167. The standard InChI is InChI=1S/C18H15BrFNO2/c19-17-10-9-16(20)12-15(17)8-4-5-11-21-18(22)23-13-14-6-2-1-3-7-14/h1-3,6-7,9-10,12H,5,11,13H2,(H,21,22). The van der Waals surface area contributed by atoms with Crippen LogP contribution >= 0.6 is 15.9 Å². The van der Waals surface area contributed by atoms with Crippen LogP contribution in [0, 0.1) is 17.7 Å². The third kappa shape index (κ3) is 6.13. The summed E-state index contributed by atoms with van der Waals surface area (Å²) in [6.45, 7) is 0.599. The summed E-state index contributed by atoms with van der Waals surface area (Å²) in [5.41, 5.74) is 1.51. The highest BCUT2D eigenvalue weighted by Crippen LogP contribution is 2.16. The average Bonchev–Trinajstić information content (AvgIpc) is 2.56. The van der Waals surface area contributed by atoms with Gasteiger partial charge in [-0.1, -0.05) is 42.2 Å². The van der Waals surface area contributed by atoms with Gasteiger partial charge < -0.3 is 10.1 Å². The summed E-state index contributed by atoms with van der Waals surface area (Å²) in [7, 11) is 0. The first-order valence-electron chi connectivity index (χ1n) is 7.03. The SMILES string of the molecule is O=C(NCCC#Cc1cc(F)ccc1Br)OCc1ccccc1. The van der Waals surface area contributed by atoms with Gasteiger partial charge in [0.2, 0.25) is 0 Å². The monoisotopic (exact) mass is 375 g/mol. The Kier molecular flexibility index (Phi) is 6.64. The zero-order chi connectivity index (χ0) is 16.5. The third-order valence-corrected chi connectivity index (χ3v) is 3.58. The van der Waals surface area contributed by atoms with Crippen LogP contribution in [0.1, 0.15) is 17.5 Å². The summed E-state index contributed by atoms with van der Waals surface area (Å²) >= 11 is 3.31. The number of alkyl carbamates (subject to hydrolysis) is 1. The fourth-order valence-corrected chi connectivity index (χ4v) is 2.10. The molecule has 0 aliphatic carbocycles. The molecule has 2 aromatic carbocycles. The summed E-state index contributed by atoms with van der Waals surface area (Å²) < 4.78 is 18.9. The van der Waals surface area contributed by atoms with Crippen LogP contribution in [-0.4, -0.2) is 12.6 Å². The molecule has 0 radical (unpaired) electrons. The van der Waals surface area contributed by atoms with E-state index in [1.54, 1.807) is 6.07 Å². The Morgan fingerprint density at radius 3 is 2.78 bits per heavy atom. The molecule has 0 bridgehead atoms. The zero-order valence-corrected chi connectivity index (χ0v) is 13.9. The first-order valence-corrected chi connectivity index (χ1v) is 7.83. The van der Waals surface area contributed by atoms with E-state index >= 15 is 0 Å². The summed E-state index contributed by atoms with van der Waals surface area (Å²) in [6, 6.07) is 13.8. The van der Waals surface area contributed by atoms with E-state index in [2.05, 4.69) is 33.1 Å². The lowest BCUT2D eigenvalue weighted by molar-refractivity contribution is 0.140. The maximum Gasteiger partial charge on any atom is 0.407 e. The number of hydrogen-bond acceptors (Lipinski definition) is 2. The summed E-state index contributed by atoms with van der Waals surface area (Å²) in [5, 5.41) is 2.62. The molecule has 2 rings (SSSR count). The number of nitrogens with one attached hydrogen (secondary N) is 1. The van der Waals surface area contributed by atoms with Crippen molar-refractivity contribution in [3.8, 4) is 11.8 Å². The predicted octanol–water partition coefficient (Wildman–Crippen LogP) is 4.26. The molecule has 0 saturated carbocycles. The van der Waals surface area contributed by atoms with E-state index in [1.165, 1.54) is 12.1 Å². The van der Waals surface area contributed by atoms with Crippen molar-refractivity contribution in [3.63, 3.8) is 0 Å². The molecule has 2 aromatic rings. The van der Waals surface area contributed by atoms with Gasteiger partial charge in [-0.2, -0.15) is 0 Å². The molecule has 0 heterocycles. The van der Waals surface area contributed by atoms with Gasteiger partial charge in [-0.3, -0.25) is 0 Å². The molecule has 5 heteroatoms. The number of carbonyl (C=O) groups excluding carboxylic acids is 1. The van der Waals surface area contributed by atoms with E-state index in [0.29, 0.717) is 18.5 Å². The minimum atomic E-state index is -0.484. The van der Waals surface area contributed by atoms with Crippen molar-refractivity contribution >= 4 is 22.0 Å². The molecule has 0 unspecified atom stereocenters. The number of benzene rings is 2. The number of amides is 1. The van der Waals surface area contributed by atoms with Gasteiger partial charge in [0.1, 0.15) is 12.4 Å². The molecule has 23 heavy (non-hydrogen) atoms. The summed E-state index contributed by atoms with van der Waals surface area (Å²) in [4.78, 5) is 11.5. The fourth-order valence-electron chi connectivity index (χ4n) is 1.75. The lowest BCUT2D eigenvalue weighted by Gasteiger charge is -2.05. The van der Waals surface area contributed by atoms with E-state index in [4.69, 9.17) is 4.74 Å². The Hall–Kier alpha value is -2.32. The Morgan fingerprint density at radius 1 is 1.22 bits per heavy atom. The highest BCUT2D eigenvalue weighted by atomic mass is 79.9. The molecule has 0 aromatic heterocycles. The Labute approximate surface area is 143 Å². The highest BCUT2D eigenvalue weighted by molar-refractivity contribution is 9.10. The van der Waals surface area contributed by atoms with Crippen LogP contribution in [0.15, 0.2) is 53.0 Å². The van der Waals surface area contributed by atoms with Gasteiger partial charge in [-0.15, -0.1) is 0 Å². The van der Waals surface area contributed by atoms with E-state index in [-0.39, 0.29) is 12.4 Å². The maximum atomic E-state index is 13.1. The van der Waals surface area contributed by atoms with Gasteiger partial charge >= 0.3 is 6.09 Å². The molecule has 118 valence electrons.